The lowest BCUT2D eigenvalue weighted by Gasteiger charge is -2.05. The Balaban J connectivity index is 1.63. The van der Waals surface area contributed by atoms with Crippen molar-refractivity contribution in [3.63, 3.8) is 0 Å². The molecule has 0 spiro atoms. The number of phenolic OH excluding ortho intramolecular Hbond substituents is 1. The number of hydrazone groups is 1. The molecule has 4 rings (SSSR count). The SMILES string of the molecule is Cc1ccc2c(/C=N/Nc3ccc4ccccc4n3)ccc(O)c2n1. The van der Waals surface area contributed by atoms with E-state index in [0.29, 0.717) is 11.3 Å². The largest absolute Gasteiger partial charge is 0.506 e. The van der Waals surface area contributed by atoms with Crippen LogP contribution >= 0.6 is 0 Å². The summed E-state index contributed by atoms with van der Waals surface area (Å²) in [4.78, 5) is 8.91. The smallest absolute Gasteiger partial charge is 0.146 e. The minimum absolute atomic E-state index is 0.167. The molecule has 0 unspecified atom stereocenters. The molecule has 0 saturated carbocycles. The van der Waals surface area contributed by atoms with Gasteiger partial charge in [0.05, 0.1) is 11.7 Å². The minimum atomic E-state index is 0.167. The third kappa shape index (κ3) is 2.99. The van der Waals surface area contributed by atoms with Crippen LogP contribution in [-0.4, -0.2) is 21.3 Å². The number of aromatic nitrogens is 2. The molecule has 0 atom stereocenters. The Morgan fingerprint density at radius 1 is 0.960 bits per heavy atom. The van der Waals surface area contributed by atoms with Gasteiger partial charge in [-0.05, 0) is 43.3 Å². The molecule has 5 heteroatoms. The van der Waals surface area contributed by atoms with Gasteiger partial charge < -0.3 is 5.11 Å². The molecule has 0 aliphatic carbocycles. The number of pyridine rings is 2. The van der Waals surface area contributed by atoms with Crippen LogP contribution < -0.4 is 5.43 Å². The molecule has 0 amide bonds. The lowest BCUT2D eigenvalue weighted by molar-refractivity contribution is 0.480. The van der Waals surface area contributed by atoms with Gasteiger partial charge in [-0.25, -0.2) is 9.97 Å². The fourth-order valence-corrected chi connectivity index (χ4v) is 2.73. The average molecular weight is 328 g/mol. The van der Waals surface area contributed by atoms with E-state index in [9.17, 15) is 5.11 Å². The summed E-state index contributed by atoms with van der Waals surface area (Å²) in [5, 5.41) is 16.2. The first-order valence-corrected chi connectivity index (χ1v) is 7.95. The second kappa shape index (κ2) is 6.20. The molecule has 0 bridgehead atoms. The number of nitrogens with zero attached hydrogens (tertiary/aromatic N) is 3. The van der Waals surface area contributed by atoms with Crippen LogP contribution in [0, 0.1) is 6.92 Å². The molecule has 2 aromatic carbocycles. The summed E-state index contributed by atoms with van der Waals surface area (Å²) in [6.07, 6.45) is 1.70. The number of hydrogen-bond acceptors (Lipinski definition) is 5. The van der Waals surface area contributed by atoms with Crippen molar-refractivity contribution in [2.45, 2.75) is 6.92 Å². The second-order valence-electron chi connectivity index (χ2n) is 5.78. The highest BCUT2D eigenvalue weighted by Crippen LogP contribution is 2.25. The van der Waals surface area contributed by atoms with Crippen molar-refractivity contribution >= 4 is 33.8 Å². The van der Waals surface area contributed by atoms with E-state index in [1.807, 2.05) is 61.5 Å². The van der Waals surface area contributed by atoms with E-state index >= 15 is 0 Å². The van der Waals surface area contributed by atoms with Crippen LogP contribution in [0.4, 0.5) is 5.82 Å². The molecule has 2 heterocycles. The topological polar surface area (TPSA) is 70.4 Å². The maximum atomic E-state index is 9.99. The molecule has 25 heavy (non-hydrogen) atoms. The summed E-state index contributed by atoms with van der Waals surface area (Å²) in [6, 6.07) is 19.1. The van der Waals surface area contributed by atoms with Crippen molar-refractivity contribution in [2.24, 2.45) is 5.10 Å². The molecule has 0 radical (unpaired) electrons. The normalized spacial score (nSPS) is 11.4. The van der Waals surface area contributed by atoms with Crippen molar-refractivity contribution in [2.75, 3.05) is 5.43 Å². The zero-order valence-electron chi connectivity index (χ0n) is 13.6. The molecule has 2 N–H and O–H groups in total. The number of nitrogens with one attached hydrogen (secondary N) is 1. The standard InChI is InChI=1S/C20H16N4O/c1-13-6-9-16-15(7-10-18(25)20(16)22-13)12-21-24-19-11-8-14-4-2-3-5-17(14)23-19/h2-12,25H,1H3,(H,23,24)/b21-12+. The molecule has 5 nitrogen and oxygen atoms in total. The number of hydrogen-bond donors (Lipinski definition) is 2. The van der Waals surface area contributed by atoms with Gasteiger partial charge in [0.15, 0.2) is 0 Å². The Kier molecular flexibility index (Phi) is 3.74. The van der Waals surface area contributed by atoms with Gasteiger partial charge in [-0.2, -0.15) is 5.10 Å². The maximum Gasteiger partial charge on any atom is 0.146 e. The number of benzene rings is 2. The minimum Gasteiger partial charge on any atom is -0.506 e. The maximum absolute atomic E-state index is 9.99. The summed E-state index contributed by atoms with van der Waals surface area (Å²) in [6.45, 7) is 1.90. The zero-order valence-corrected chi connectivity index (χ0v) is 13.6. The molecular formula is C20H16N4O. The van der Waals surface area contributed by atoms with Crippen LogP contribution in [-0.2, 0) is 0 Å². The Morgan fingerprint density at radius 3 is 2.76 bits per heavy atom. The van der Waals surface area contributed by atoms with Gasteiger partial charge in [-0.15, -0.1) is 0 Å². The monoisotopic (exact) mass is 328 g/mol. The third-order valence-corrected chi connectivity index (χ3v) is 3.99. The predicted molar refractivity (Wildman–Crippen MR) is 101 cm³/mol. The van der Waals surface area contributed by atoms with E-state index < -0.39 is 0 Å². The summed E-state index contributed by atoms with van der Waals surface area (Å²) >= 11 is 0. The fraction of sp³-hybridized carbons (Fsp3) is 0.0500. The number of anilines is 1. The molecule has 2 aromatic heterocycles. The first-order valence-electron chi connectivity index (χ1n) is 7.95. The lowest BCUT2D eigenvalue weighted by Crippen LogP contribution is -1.95. The van der Waals surface area contributed by atoms with Crippen molar-refractivity contribution in [1.82, 2.24) is 9.97 Å². The summed E-state index contributed by atoms with van der Waals surface area (Å²) in [5.74, 6) is 0.840. The van der Waals surface area contributed by atoms with Crippen LogP contribution in [0.25, 0.3) is 21.8 Å². The highest BCUT2D eigenvalue weighted by Gasteiger charge is 2.05. The quantitative estimate of drug-likeness (QED) is 0.436. The second-order valence-corrected chi connectivity index (χ2v) is 5.78. The number of fused-ring (bicyclic) bond motifs is 2. The number of rotatable bonds is 3. The summed E-state index contributed by atoms with van der Waals surface area (Å²) in [5.41, 5.74) is 6.17. The van der Waals surface area contributed by atoms with E-state index in [0.717, 1.165) is 27.5 Å². The van der Waals surface area contributed by atoms with Crippen molar-refractivity contribution in [1.29, 1.82) is 0 Å². The van der Waals surface area contributed by atoms with Gasteiger partial charge in [0, 0.05) is 22.0 Å². The molecule has 0 saturated heterocycles. The van der Waals surface area contributed by atoms with Gasteiger partial charge in [0.2, 0.25) is 0 Å². The average Bonchev–Trinajstić information content (AvgIpc) is 2.64. The molecule has 122 valence electrons. The Morgan fingerprint density at radius 2 is 1.84 bits per heavy atom. The van der Waals surface area contributed by atoms with Crippen molar-refractivity contribution in [3.8, 4) is 5.75 Å². The van der Waals surface area contributed by atoms with E-state index in [1.54, 1.807) is 12.3 Å². The molecule has 4 aromatic rings. The third-order valence-electron chi connectivity index (χ3n) is 3.99. The first-order chi connectivity index (χ1) is 12.2. The number of aromatic hydroxyl groups is 1. The number of phenols is 1. The van der Waals surface area contributed by atoms with E-state index in [2.05, 4.69) is 20.5 Å². The highest BCUT2D eigenvalue weighted by atomic mass is 16.3. The van der Waals surface area contributed by atoms with Crippen LogP contribution in [0.2, 0.25) is 0 Å². The Hall–Kier alpha value is -3.47. The molecule has 0 aliphatic rings. The van der Waals surface area contributed by atoms with Crippen LogP contribution in [0.3, 0.4) is 0 Å². The van der Waals surface area contributed by atoms with E-state index in [-0.39, 0.29) is 5.75 Å². The predicted octanol–water partition coefficient (Wildman–Crippen LogP) is 4.24. The van der Waals surface area contributed by atoms with Gasteiger partial charge >= 0.3 is 0 Å². The van der Waals surface area contributed by atoms with Crippen LogP contribution in [0.15, 0.2) is 65.8 Å². The highest BCUT2D eigenvalue weighted by molar-refractivity contribution is 6.00. The van der Waals surface area contributed by atoms with Crippen molar-refractivity contribution in [3.05, 3.63) is 71.9 Å². The Bertz CT molecular complexity index is 1110. The number of aryl methyl sites for hydroxylation is 1. The Labute approximate surface area is 144 Å². The number of para-hydroxylation sites is 1. The molecule has 0 aliphatic heterocycles. The fourth-order valence-electron chi connectivity index (χ4n) is 2.73. The molecular weight excluding hydrogens is 312 g/mol. The van der Waals surface area contributed by atoms with Gasteiger partial charge in [-0.3, -0.25) is 5.43 Å². The van der Waals surface area contributed by atoms with Crippen LogP contribution in [0.5, 0.6) is 5.75 Å². The molecule has 0 fully saturated rings. The van der Waals surface area contributed by atoms with E-state index in [4.69, 9.17) is 0 Å². The van der Waals surface area contributed by atoms with Gasteiger partial charge in [-0.1, -0.05) is 24.3 Å². The van der Waals surface area contributed by atoms with Crippen LogP contribution in [0.1, 0.15) is 11.3 Å². The summed E-state index contributed by atoms with van der Waals surface area (Å²) in [7, 11) is 0. The zero-order chi connectivity index (χ0) is 17.2. The first kappa shape index (κ1) is 15.1. The van der Waals surface area contributed by atoms with E-state index in [1.165, 1.54) is 0 Å². The van der Waals surface area contributed by atoms with Crippen molar-refractivity contribution < 1.29 is 5.11 Å². The van der Waals surface area contributed by atoms with Gasteiger partial charge in [0.1, 0.15) is 17.1 Å². The lowest BCUT2D eigenvalue weighted by atomic mass is 10.1. The van der Waals surface area contributed by atoms with Gasteiger partial charge in [0.25, 0.3) is 0 Å². The summed E-state index contributed by atoms with van der Waals surface area (Å²) < 4.78 is 0.